The van der Waals surface area contributed by atoms with Crippen LogP contribution in [0.5, 0.6) is 0 Å². The van der Waals surface area contributed by atoms with Gasteiger partial charge in [0.25, 0.3) is 0 Å². The molecule has 0 amide bonds. The largest absolute Gasteiger partial charge is 0.347 e. The predicted octanol–water partition coefficient (Wildman–Crippen LogP) is 5.15. The van der Waals surface area contributed by atoms with Crippen LogP contribution in [0.25, 0.3) is 10.9 Å². The number of imidazole rings is 1. The molecule has 0 radical (unpaired) electrons. The number of nitrogens with zero attached hydrogens (tertiary/aromatic N) is 3. The van der Waals surface area contributed by atoms with E-state index in [0.717, 1.165) is 11.6 Å². The quantitative estimate of drug-likeness (QED) is 0.505. The Labute approximate surface area is 146 Å². The molecule has 0 saturated heterocycles. The van der Waals surface area contributed by atoms with Crippen molar-refractivity contribution in [3.8, 4) is 0 Å². The monoisotopic (exact) mass is 335 g/mol. The molecular formula is C20H18ClN3. The van der Waals surface area contributed by atoms with Crippen LogP contribution >= 0.6 is 11.6 Å². The number of hydrogen-bond donors (Lipinski definition) is 0. The Balaban J connectivity index is 1.98. The van der Waals surface area contributed by atoms with E-state index in [2.05, 4.69) is 63.6 Å². The molecule has 0 bridgehead atoms. The molecule has 0 N–H and O–H groups in total. The van der Waals surface area contributed by atoms with E-state index in [0.29, 0.717) is 0 Å². The minimum atomic E-state index is 0.0636. The number of fused-ring (bicyclic) bond motifs is 1. The molecule has 4 heteroatoms. The number of benzene rings is 2. The summed E-state index contributed by atoms with van der Waals surface area (Å²) in [6.45, 7) is 3.11. The van der Waals surface area contributed by atoms with E-state index in [4.69, 9.17) is 11.6 Å². The Morgan fingerprint density at radius 2 is 1.88 bits per heavy atom. The predicted molar refractivity (Wildman–Crippen MR) is 98.5 cm³/mol. The summed E-state index contributed by atoms with van der Waals surface area (Å²) < 4.78 is 4.44. The van der Waals surface area contributed by atoms with E-state index in [9.17, 15) is 0 Å². The Morgan fingerprint density at radius 1 is 1.04 bits per heavy atom. The van der Waals surface area contributed by atoms with E-state index in [1.165, 1.54) is 22.0 Å². The Morgan fingerprint density at radius 3 is 2.58 bits per heavy atom. The number of hydrogen-bond acceptors (Lipinski definition) is 1. The van der Waals surface area contributed by atoms with Gasteiger partial charge in [0.2, 0.25) is 0 Å². The van der Waals surface area contributed by atoms with Crippen molar-refractivity contribution < 1.29 is 0 Å². The third kappa shape index (κ3) is 2.51. The van der Waals surface area contributed by atoms with Gasteiger partial charge >= 0.3 is 0 Å². The van der Waals surface area contributed by atoms with Gasteiger partial charge in [-0.1, -0.05) is 41.9 Å². The van der Waals surface area contributed by atoms with E-state index in [-0.39, 0.29) is 6.04 Å². The molecule has 2 heterocycles. The number of aromatic nitrogens is 3. The van der Waals surface area contributed by atoms with E-state index >= 15 is 0 Å². The highest BCUT2D eigenvalue weighted by Crippen LogP contribution is 2.33. The van der Waals surface area contributed by atoms with Crippen LogP contribution < -0.4 is 0 Å². The van der Waals surface area contributed by atoms with Crippen LogP contribution in [0.1, 0.15) is 24.1 Å². The molecule has 0 aliphatic heterocycles. The van der Waals surface area contributed by atoms with Gasteiger partial charge < -0.3 is 9.13 Å². The minimum absolute atomic E-state index is 0.0636. The van der Waals surface area contributed by atoms with Crippen molar-refractivity contribution in [2.24, 2.45) is 0 Å². The van der Waals surface area contributed by atoms with Gasteiger partial charge in [-0.15, -0.1) is 0 Å². The van der Waals surface area contributed by atoms with Crippen molar-refractivity contribution in [1.29, 1.82) is 0 Å². The fourth-order valence-corrected chi connectivity index (χ4v) is 3.48. The lowest BCUT2D eigenvalue weighted by atomic mass is 9.96. The average Bonchev–Trinajstić information content (AvgIpc) is 3.26. The topological polar surface area (TPSA) is 22.8 Å². The first-order chi connectivity index (χ1) is 11.8. The van der Waals surface area contributed by atoms with Crippen molar-refractivity contribution in [2.45, 2.75) is 19.5 Å². The first-order valence-electron chi connectivity index (χ1n) is 8.08. The third-order valence-electron chi connectivity index (χ3n) is 4.46. The van der Waals surface area contributed by atoms with Gasteiger partial charge in [-0.2, -0.15) is 0 Å². The van der Waals surface area contributed by atoms with Gasteiger partial charge in [0.05, 0.1) is 17.9 Å². The van der Waals surface area contributed by atoms with E-state index in [1.807, 2.05) is 30.9 Å². The highest BCUT2D eigenvalue weighted by atomic mass is 35.5. The van der Waals surface area contributed by atoms with E-state index in [1.54, 1.807) is 0 Å². The summed E-state index contributed by atoms with van der Waals surface area (Å²) in [7, 11) is 0. The maximum Gasteiger partial charge on any atom is 0.0954 e. The molecule has 4 aromatic rings. The van der Waals surface area contributed by atoms with Gasteiger partial charge in [-0.3, -0.25) is 0 Å². The molecule has 24 heavy (non-hydrogen) atoms. The Hall–Kier alpha value is -2.52. The van der Waals surface area contributed by atoms with Gasteiger partial charge in [0.15, 0.2) is 0 Å². The van der Waals surface area contributed by atoms with Crippen LogP contribution in [0.4, 0.5) is 0 Å². The highest BCUT2D eigenvalue weighted by Gasteiger charge is 2.20. The van der Waals surface area contributed by atoms with Crippen LogP contribution in [0.3, 0.4) is 0 Å². The summed E-state index contributed by atoms with van der Waals surface area (Å²) >= 11 is 6.09. The second-order valence-corrected chi connectivity index (χ2v) is 6.29. The molecule has 4 rings (SSSR count). The van der Waals surface area contributed by atoms with Gasteiger partial charge in [0, 0.05) is 35.7 Å². The molecule has 0 saturated carbocycles. The maximum absolute atomic E-state index is 6.09. The molecule has 1 atom stereocenters. The number of rotatable bonds is 4. The minimum Gasteiger partial charge on any atom is -0.347 e. The number of halogens is 1. The zero-order valence-corrected chi connectivity index (χ0v) is 14.2. The molecule has 3 nitrogen and oxygen atoms in total. The van der Waals surface area contributed by atoms with Crippen LogP contribution in [0, 0.1) is 0 Å². The summed E-state index contributed by atoms with van der Waals surface area (Å²) in [5, 5.41) is 2.01. The summed E-state index contributed by atoms with van der Waals surface area (Å²) in [4.78, 5) is 4.25. The first-order valence-corrected chi connectivity index (χ1v) is 8.46. The number of para-hydroxylation sites is 1. The zero-order chi connectivity index (χ0) is 16.5. The molecule has 1 unspecified atom stereocenters. The fourth-order valence-electron chi connectivity index (χ4n) is 3.35. The van der Waals surface area contributed by atoms with Crippen molar-refractivity contribution in [2.75, 3.05) is 0 Å². The first kappa shape index (κ1) is 15.0. The van der Waals surface area contributed by atoms with Crippen molar-refractivity contribution >= 4 is 22.5 Å². The average molecular weight is 336 g/mol. The van der Waals surface area contributed by atoms with Gasteiger partial charge in [-0.25, -0.2) is 4.98 Å². The molecule has 0 fully saturated rings. The molecule has 0 spiro atoms. The Bertz CT molecular complexity index is 952. The maximum atomic E-state index is 6.09. The van der Waals surface area contributed by atoms with Crippen LogP contribution in [-0.4, -0.2) is 14.1 Å². The SMILES string of the molecule is CCn1ccc2cccc(C(c3ccc(Cl)cc3)n3ccnc3)c21. The van der Waals surface area contributed by atoms with Crippen LogP contribution in [0.2, 0.25) is 5.02 Å². The van der Waals surface area contributed by atoms with Crippen molar-refractivity contribution in [3.63, 3.8) is 0 Å². The molecular weight excluding hydrogens is 318 g/mol. The lowest BCUT2D eigenvalue weighted by Gasteiger charge is -2.22. The summed E-state index contributed by atoms with van der Waals surface area (Å²) in [6.07, 6.45) is 7.86. The molecule has 2 aromatic heterocycles. The van der Waals surface area contributed by atoms with Crippen molar-refractivity contribution in [1.82, 2.24) is 14.1 Å². The summed E-state index contributed by atoms with van der Waals surface area (Å²) in [5.74, 6) is 0. The fraction of sp³-hybridized carbons (Fsp3) is 0.150. The molecule has 0 aliphatic carbocycles. The lowest BCUT2D eigenvalue weighted by Crippen LogP contribution is -2.12. The summed E-state index contributed by atoms with van der Waals surface area (Å²) in [6, 6.07) is 16.8. The van der Waals surface area contributed by atoms with Crippen molar-refractivity contribution in [3.05, 3.63) is 89.6 Å². The smallest absolute Gasteiger partial charge is 0.0954 e. The normalized spacial score (nSPS) is 12.6. The second kappa shape index (κ2) is 6.17. The second-order valence-electron chi connectivity index (χ2n) is 5.85. The third-order valence-corrected chi connectivity index (χ3v) is 4.72. The van der Waals surface area contributed by atoms with Crippen LogP contribution in [-0.2, 0) is 6.54 Å². The Kier molecular flexibility index (Phi) is 3.87. The molecule has 2 aromatic carbocycles. The van der Waals surface area contributed by atoms with Gasteiger partial charge in [0.1, 0.15) is 0 Å². The number of aryl methyl sites for hydroxylation is 1. The van der Waals surface area contributed by atoms with Crippen LogP contribution in [0.15, 0.2) is 73.4 Å². The zero-order valence-electron chi connectivity index (χ0n) is 13.4. The van der Waals surface area contributed by atoms with E-state index < -0.39 is 0 Å². The summed E-state index contributed by atoms with van der Waals surface area (Å²) in [5.41, 5.74) is 3.72. The van der Waals surface area contributed by atoms with Gasteiger partial charge in [-0.05, 0) is 36.1 Å². The molecule has 0 aliphatic rings. The lowest BCUT2D eigenvalue weighted by molar-refractivity contribution is 0.674. The molecule has 120 valence electrons. The standard InChI is InChI=1S/C20H18ClN3/c1-2-23-12-10-15-4-3-5-18(19(15)23)20(24-13-11-22-14-24)16-6-8-17(21)9-7-16/h3-14,20H,2H2,1H3. The highest BCUT2D eigenvalue weighted by molar-refractivity contribution is 6.30.